The van der Waals surface area contributed by atoms with Gasteiger partial charge in [-0.25, -0.2) is 0 Å². The van der Waals surface area contributed by atoms with Crippen LogP contribution < -0.4 is 23.7 Å². The van der Waals surface area contributed by atoms with Gasteiger partial charge in [0.15, 0.2) is 11.5 Å². The first-order chi connectivity index (χ1) is 16.9. The number of fused-ring (bicyclic) bond motifs is 1. The van der Waals surface area contributed by atoms with Crippen molar-refractivity contribution in [2.75, 3.05) is 41.1 Å². The van der Waals surface area contributed by atoms with E-state index in [1.165, 1.54) is 0 Å². The third-order valence-corrected chi connectivity index (χ3v) is 6.19. The molecule has 1 atom stereocenters. The SMILES string of the molecule is COc1cc(OC)c(OC)cc1CN1CCOc2ccc([C@](C)(O)COc3ccccc3)cc2C1. The minimum atomic E-state index is -1.16. The summed E-state index contributed by atoms with van der Waals surface area (Å²) < 4.78 is 28.4. The lowest BCUT2D eigenvalue weighted by Crippen LogP contribution is -2.30. The Morgan fingerprint density at radius 1 is 0.914 bits per heavy atom. The average Bonchev–Trinajstić information content (AvgIpc) is 3.09. The molecule has 0 radical (unpaired) electrons. The Labute approximate surface area is 206 Å². The summed E-state index contributed by atoms with van der Waals surface area (Å²) in [6.07, 6.45) is 0. The van der Waals surface area contributed by atoms with E-state index in [-0.39, 0.29) is 6.61 Å². The highest BCUT2D eigenvalue weighted by atomic mass is 16.5. The summed E-state index contributed by atoms with van der Waals surface area (Å²) in [5, 5.41) is 11.2. The largest absolute Gasteiger partial charge is 0.496 e. The molecule has 3 aromatic rings. The Morgan fingerprint density at radius 3 is 2.34 bits per heavy atom. The number of nitrogens with zero attached hydrogens (tertiary/aromatic N) is 1. The highest BCUT2D eigenvalue weighted by molar-refractivity contribution is 5.51. The Morgan fingerprint density at radius 2 is 1.63 bits per heavy atom. The van der Waals surface area contributed by atoms with Crippen LogP contribution in [0.2, 0.25) is 0 Å². The predicted molar refractivity (Wildman–Crippen MR) is 134 cm³/mol. The van der Waals surface area contributed by atoms with E-state index in [0.717, 1.165) is 40.5 Å². The minimum Gasteiger partial charge on any atom is -0.496 e. The summed E-state index contributed by atoms with van der Waals surface area (Å²) in [5.41, 5.74) is 1.63. The zero-order valence-corrected chi connectivity index (χ0v) is 20.7. The van der Waals surface area contributed by atoms with Gasteiger partial charge < -0.3 is 28.8 Å². The van der Waals surface area contributed by atoms with Gasteiger partial charge in [0, 0.05) is 36.8 Å². The van der Waals surface area contributed by atoms with Gasteiger partial charge in [-0.2, -0.15) is 0 Å². The van der Waals surface area contributed by atoms with Crippen molar-refractivity contribution in [2.45, 2.75) is 25.6 Å². The summed E-state index contributed by atoms with van der Waals surface area (Å²) >= 11 is 0. The van der Waals surface area contributed by atoms with Crippen molar-refractivity contribution in [3.63, 3.8) is 0 Å². The molecule has 1 heterocycles. The van der Waals surface area contributed by atoms with Crippen molar-refractivity contribution in [3.05, 3.63) is 77.4 Å². The zero-order valence-electron chi connectivity index (χ0n) is 20.7. The van der Waals surface area contributed by atoms with E-state index < -0.39 is 5.60 Å². The van der Waals surface area contributed by atoms with Crippen LogP contribution in [-0.2, 0) is 18.7 Å². The van der Waals surface area contributed by atoms with Crippen LogP contribution in [0.5, 0.6) is 28.7 Å². The molecule has 0 spiro atoms. The highest BCUT2D eigenvalue weighted by Crippen LogP contribution is 2.36. The molecule has 1 N–H and O–H groups in total. The lowest BCUT2D eigenvalue weighted by atomic mass is 9.94. The third-order valence-electron chi connectivity index (χ3n) is 6.19. The number of methoxy groups -OCH3 is 3. The van der Waals surface area contributed by atoms with E-state index in [1.54, 1.807) is 28.3 Å². The van der Waals surface area contributed by atoms with Gasteiger partial charge in [-0.15, -0.1) is 0 Å². The number of hydrogen-bond acceptors (Lipinski definition) is 7. The van der Waals surface area contributed by atoms with Crippen LogP contribution in [-0.4, -0.2) is 51.1 Å². The van der Waals surface area contributed by atoms with E-state index in [4.69, 9.17) is 23.7 Å². The van der Waals surface area contributed by atoms with Crippen LogP contribution >= 0.6 is 0 Å². The van der Waals surface area contributed by atoms with Gasteiger partial charge in [-0.1, -0.05) is 24.3 Å². The summed E-state index contributed by atoms with van der Waals surface area (Å²) in [4.78, 5) is 2.29. The maximum absolute atomic E-state index is 11.2. The summed E-state index contributed by atoms with van der Waals surface area (Å²) in [6.45, 7) is 4.52. The van der Waals surface area contributed by atoms with Gasteiger partial charge in [0.1, 0.15) is 36.1 Å². The second-order valence-corrected chi connectivity index (χ2v) is 8.78. The molecule has 0 fully saturated rings. The third kappa shape index (κ3) is 5.81. The molecule has 7 nitrogen and oxygen atoms in total. The van der Waals surface area contributed by atoms with Crippen molar-refractivity contribution in [3.8, 4) is 28.7 Å². The fourth-order valence-corrected chi connectivity index (χ4v) is 4.20. The summed E-state index contributed by atoms with van der Waals surface area (Å²) in [7, 11) is 4.88. The molecule has 3 aromatic carbocycles. The Balaban J connectivity index is 1.53. The van der Waals surface area contributed by atoms with Crippen LogP contribution in [0.1, 0.15) is 23.6 Å². The van der Waals surface area contributed by atoms with E-state index in [0.29, 0.717) is 31.2 Å². The topological polar surface area (TPSA) is 69.6 Å². The molecule has 0 saturated carbocycles. The maximum Gasteiger partial charge on any atom is 0.164 e. The molecule has 7 heteroatoms. The van der Waals surface area contributed by atoms with Gasteiger partial charge in [-0.3, -0.25) is 4.90 Å². The monoisotopic (exact) mass is 479 g/mol. The molecule has 0 aliphatic carbocycles. The first-order valence-electron chi connectivity index (χ1n) is 11.6. The van der Waals surface area contributed by atoms with Gasteiger partial charge in [0.2, 0.25) is 0 Å². The van der Waals surface area contributed by atoms with Crippen molar-refractivity contribution in [2.24, 2.45) is 0 Å². The van der Waals surface area contributed by atoms with Crippen molar-refractivity contribution in [1.29, 1.82) is 0 Å². The molecule has 0 amide bonds. The molecule has 0 aromatic heterocycles. The van der Waals surface area contributed by atoms with Crippen LogP contribution in [0.25, 0.3) is 0 Å². The molecule has 0 unspecified atom stereocenters. The normalized spacial score (nSPS) is 15.2. The molecule has 35 heavy (non-hydrogen) atoms. The first kappa shape index (κ1) is 24.7. The van der Waals surface area contributed by atoms with Gasteiger partial charge >= 0.3 is 0 Å². The fraction of sp³-hybridized carbons (Fsp3) is 0.357. The van der Waals surface area contributed by atoms with Gasteiger partial charge in [0.25, 0.3) is 0 Å². The maximum atomic E-state index is 11.2. The fourth-order valence-electron chi connectivity index (χ4n) is 4.20. The molecule has 4 rings (SSSR count). The number of rotatable bonds is 9. The number of benzene rings is 3. The minimum absolute atomic E-state index is 0.142. The Kier molecular flexibility index (Phi) is 7.68. The smallest absolute Gasteiger partial charge is 0.164 e. The number of hydrogen-bond donors (Lipinski definition) is 1. The van der Waals surface area contributed by atoms with E-state index in [2.05, 4.69) is 4.90 Å². The first-order valence-corrected chi connectivity index (χ1v) is 11.6. The van der Waals surface area contributed by atoms with Crippen molar-refractivity contribution >= 4 is 0 Å². The van der Waals surface area contributed by atoms with Crippen LogP contribution in [0, 0.1) is 0 Å². The van der Waals surface area contributed by atoms with Crippen LogP contribution in [0.4, 0.5) is 0 Å². The highest BCUT2D eigenvalue weighted by Gasteiger charge is 2.27. The molecular weight excluding hydrogens is 446 g/mol. The molecule has 186 valence electrons. The average molecular weight is 480 g/mol. The van der Waals surface area contributed by atoms with E-state index in [1.807, 2.05) is 60.7 Å². The van der Waals surface area contributed by atoms with E-state index >= 15 is 0 Å². The number of aliphatic hydroxyl groups is 1. The van der Waals surface area contributed by atoms with Crippen molar-refractivity contribution in [1.82, 2.24) is 4.90 Å². The summed E-state index contributed by atoms with van der Waals surface area (Å²) in [6, 6.07) is 19.1. The van der Waals surface area contributed by atoms with E-state index in [9.17, 15) is 5.11 Å². The Bertz CT molecular complexity index is 1130. The summed E-state index contributed by atoms with van der Waals surface area (Å²) in [5.74, 6) is 3.58. The standard InChI is InChI=1S/C28H33NO6/c1-28(30,19-35-23-8-6-5-7-9-23)22-10-11-24-20(14-22)17-29(12-13-34-24)18-21-15-26(32-3)27(33-4)16-25(21)31-2/h5-11,14-16,30H,12-13,17-19H2,1-4H3/t28-/m1/s1. The predicted octanol–water partition coefficient (Wildman–Crippen LogP) is 4.39. The Hall–Kier alpha value is -3.42. The number of para-hydroxylation sites is 1. The quantitative estimate of drug-likeness (QED) is 0.488. The lowest BCUT2D eigenvalue weighted by molar-refractivity contribution is 0.00748. The molecule has 0 bridgehead atoms. The molecule has 1 aliphatic rings. The van der Waals surface area contributed by atoms with Crippen LogP contribution in [0.3, 0.4) is 0 Å². The molecule has 1 aliphatic heterocycles. The number of ether oxygens (including phenoxy) is 5. The molecular formula is C28H33NO6. The second-order valence-electron chi connectivity index (χ2n) is 8.78. The van der Waals surface area contributed by atoms with Gasteiger partial charge in [-0.05, 0) is 42.8 Å². The van der Waals surface area contributed by atoms with Crippen molar-refractivity contribution < 1.29 is 28.8 Å². The van der Waals surface area contributed by atoms with Crippen LogP contribution in [0.15, 0.2) is 60.7 Å². The zero-order chi connectivity index (χ0) is 24.8. The van der Waals surface area contributed by atoms with Gasteiger partial charge in [0.05, 0.1) is 21.3 Å². The second kappa shape index (κ2) is 10.9. The molecule has 0 saturated heterocycles. The lowest BCUT2D eigenvalue weighted by Gasteiger charge is -2.26.